The quantitative estimate of drug-likeness (QED) is 0.418. The molecule has 78 valence electrons. The maximum atomic E-state index is 11.7. The first-order valence-corrected chi connectivity index (χ1v) is 5.24. The van der Waals surface area contributed by atoms with Gasteiger partial charge in [0, 0.05) is 13.0 Å². The normalized spacial score (nSPS) is 33.6. The number of carbonyl (C=O) groups excluding carboxylic acids is 1. The van der Waals surface area contributed by atoms with Gasteiger partial charge in [0.1, 0.15) is 0 Å². The highest BCUT2D eigenvalue weighted by atomic mass is 16.5. The van der Waals surface area contributed by atoms with E-state index >= 15 is 0 Å². The number of fused-ring (bicyclic) bond motifs is 2. The van der Waals surface area contributed by atoms with Crippen molar-refractivity contribution in [2.45, 2.75) is 25.7 Å². The van der Waals surface area contributed by atoms with Crippen LogP contribution in [0, 0.1) is 11.3 Å². The molecule has 14 heavy (non-hydrogen) atoms. The first-order valence-electron chi connectivity index (χ1n) is 5.24. The Hall–Kier alpha value is -0.830. The lowest BCUT2D eigenvalue weighted by molar-refractivity contribution is -0.152. The van der Waals surface area contributed by atoms with Crippen LogP contribution in [0.5, 0.6) is 0 Å². The van der Waals surface area contributed by atoms with E-state index in [2.05, 4.69) is 6.08 Å². The number of aliphatic hydroxyl groups is 1. The highest BCUT2D eigenvalue weighted by molar-refractivity contribution is 5.80. The van der Waals surface area contributed by atoms with Crippen LogP contribution in [0.25, 0.3) is 0 Å². The fraction of sp³-hybridized carbons (Fsp3) is 0.727. The molecule has 0 radical (unpaired) electrons. The Labute approximate surface area is 83.8 Å². The smallest absolute Gasteiger partial charge is 0.315 e. The standard InChI is InChI=1S/C11H16O3/c12-6-1-7-14-10(13)11-4-2-9(8-11)3-5-11/h2,4,9,12H,1,3,5-8H2. The molecule has 2 atom stereocenters. The Bertz CT molecular complexity index is 259. The number of rotatable bonds is 4. The molecule has 2 rings (SSSR count). The van der Waals surface area contributed by atoms with E-state index in [-0.39, 0.29) is 18.0 Å². The minimum Gasteiger partial charge on any atom is -0.465 e. The summed E-state index contributed by atoms with van der Waals surface area (Å²) < 4.78 is 5.14. The lowest BCUT2D eigenvalue weighted by atomic mass is 9.88. The molecule has 1 N–H and O–H groups in total. The second-order valence-electron chi connectivity index (χ2n) is 4.23. The van der Waals surface area contributed by atoms with E-state index in [1.807, 2.05) is 6.08 Å². The van der Waals surface area contributed by atoms with E-state index in [0.717, 1.165) is 19.3 Å². The highest BCUT2D eigenvalue weighted by Gasteiger charge is 2.47. The Balaban J connectivity index is 1.88. The third-order valence-corrected chi connectivity index (χ3v) is 3.22. The van der Waals surface area contributed by atoms with Gasteiger partial charge < -0.3 is 9.84 Å². The summed E-state index contributed by atoms with van der Waals surface area (Å²) in [5.74, 6) is 0.502. The molecular weight excluding hydrogens is 180 g/mol. The average molecular weight is 196 g/mol. The number of allylic oxidation sites excluding steroid dienone is 1. The van der Waals surface area contributed by atoms with Gasteiger partial charge in [0.15, 0.2) is 0 Å². The van der Waals surface area contributed by atoms with Crippen molar-refractivity contribution in [2.75, 3.05) is 13.2 Å². The minimum absolute atomic E-state index is 0.0821. The predicted octanol–water partition coefficient (Wildman–Crippen LogP) is 1.27. The Morgan fingerprint density at radius 2 is 2.50 bits per heavy atom. The Morgan fingerprint density at radius 1 is 1.64 bits per heavy atom. The maximum absolute atomic E-state index is 11.7. The highest BCUT2D eigenvalue weighted by Crippen LogP contribution is 2.49. The maximum Gasteiger partial charge on any atom is 0.315 e. The molecule has 0 spiro atoms. The molecule has 0 aliphatic heterocycles. The zero-order chi connectivity index (χ0) is 10.0. The molecular formula is C11H16O3. The summed E-state index contributed by atoms with van der Waals surface area (Å²) in [4.78, 5) is 11.7. The first-order chi connectivity index (χ1) is 6.77. The summed E-state index contributed by atoms with van der Waals surface area (Å²) in [5.41, 5.74) is -0.305. The second-order valence-corrected chi connectivity index (χ2v) is 4.23. The van der Waals surface area contributed by atoms with Gasteiger partial charge in [-0.3, -0.25) is 4.79 Å². The van der Waals surface area contributed by atoms with Crippen LogP contribution in [0.3, 0.4) is 0 Å². The van der Waals surface area contributed by atoms with E-state index in [4.69, 9.17) is 9.84 Å². The molecule has 0 saturated heterocycles. The van der Waals surface area contributed by atoms with Crippen molar-refractivity contribution in [3.8, 4) is 0 Å². The van der Waals surface area contributed by atoms with Crippen LogP contribution in [0.15, 0.2) is 12.2 Å². The summed E-state index contributed by atoms with van der Waals surface area (Å²) in [7, 11) is 0. The molecule has 3 heteroatoms. The predicted molar refractivity (Wildman–Crippen MR) is 51.6 cm³/mol. The molecule has 0 heterocycles. The number of aliphatic hydroxyl groups excluding tert-OH is 1. The summed E-state index contributed by atoms with van der Waals surface area (Å²) in [5, 5.41) is 8.57. The van der Waals surface area contributed by atoms with Crippen LogP contribution >= 0.6 is 0 Å². The van der Waals surface area contributed by atoms with Crippen molar-refractivity contribution in [3.05, 3.63) is 12.2 Å². The van der Waals surface area contributed by atoms with Gasteiger partial charge in [-0.15, -0.1) is 0 Å². The third kappa shape index (κ3) is 1.57. The fourth-order valence-electron chi connectivity index (χ4n) is 2.38. The largest absolute Gasteiger partial charge is 0.465 e. The summed E-state index contributed by atoms with van der Waals surface area (Å²) in [6, 6.07) is 0. The lowest BCUT2D eigenvalue weighted by Crippen LogP contribution is -2.27. The average Bonchev–Trinajstić information content (AvgIpc) is 2.78. The number of hydrogen-bond acceptors (Lipinski definition) is 3. The zero-order valence-electron chi connectivity index (χ0n) is 8.24. The van der Waals surface area contributed by atoms with Crippen LogP contribution in [0.2, 0.25) is 0 Å². The number of carbonyl (C=O) groups is 1. The van der Waals surface area contributed by atoms with Gasteiger partial charge in [-0.25, -0.2) is 0 Å². The van der Waals surface area contributed by atoms with Crippen molar-refractivity contribution in [1.82, 2.24) is 0 Å². The first kappa shape index (κ1) is 9.71. The van der Waals surface area contributed by atoms with E-state index in [1.54, 1.807) is 0 Å². The number of hydrogen-bond donors (Lipinski definition) is 1. The van der Waals surface area contributed by atoms with Gasteiger partial charge >= 0.3 is 5.97 Å². The molecule has 2 aliphatic carbocycles. The van der Waals surface area contributed by atoms with Gasteiger partial charge in [0.25, 0.3) is 0 Å². The number of ether oxygens (including phenoxy) is 1. The van der Waals surface area contributed by atoms with E-state index in [9.17, 15) is 4.79 Å². The molecule has 0 amide bonds. The van der Waals surface area contributed by atoms with E-state index < -0.39 is 0 Å². The van der Waals surface area contributed by atoms with Crippen molar-refractivity contribution in [3.63, 3.8) is 0 Å². The van der Waals surface area contributed by atoms with Crippen molar-refractivity contribution < 1.29 is 14.6 Å². The molecule has 1 fully saturated rings. The molecule has 0 aromatic rings. The summed E-state index contributed by atoms with van der Waals surface area (Å²) >= 11 is 0. The van der Waals surface area contributed by atoms with Crippen LogP contribution in [-0.2, 0) is 9.53 Å². The van der Waals surface area contributed by atoms with Crippen molar-refractivity contribution in [2.24, 2.45) is 11.3 Å². The Morgan fingerprint density at radius 3 is 3.00 bits per heavy atom. The Kier molecular flexibility index (Phi) is 2.59. The van der Waals surface area contributed by atoms with Gasteiger partial charge in [-0.05, 0) is 25.2 Å². The zero-order valence-corrected chi connectivity index (χ0v) is 8.24. The van der Waals surface area contributed by atoms with E-state index in [0.29, 0.717) is 18.9 Å². The summed E-state index contributed by atoms with van der Waals surface area (Å²) in [6.45, 7) is 0.425. The van der Waals surface area contributed by atoms with Gasteiger partial charge in [0.2, 0.25) is 0 Å². The monoisotopic (exact) mass is 196 g/mol. The minimum atomic E-state index is -0.305. The molecule has 2 bridgehead atoms. The molecule has 0 aromatic carbocycles. The van der Waals surface area contributed by atoms with E-state index in [1.165, 1.54) is 0 Å². The summed E-state index contributed by atoms with van der Waals surface area (Å²) in [6.07, 6.45) is 7.68. The molecule has 1 saturated carbocycles. The van der Waals surface area contributed by atoms with Crippen molar-refractivity contribution in [1.29, 1.82) is 0 Å². The second kappa shape index (κ2) is 3.73. The molecule has 0 aromatic heterocycles. The SMILES string of the molecule is O=C(OCCCO)C12C=CC(CC1)C2. The number of esters is 1. The van der Waals surface area contributed by atoms with Gasteiger partial charge in [-0.1, -0.05) is 12.2 Å². The topological polar surface area (TPSA) is 46.5 Å². The van der Waals surface area contributed by atoms with Crippen LogP contribution in [0.1, 0.15) is 25.7 Å². The van der Waals surface area contributed by atoms with Gasteiger partial charge in [0.05, 0.1) is 12.0 Å². The van der Waals surface area contributed by atoms with Gasteiger partial charge in [-0.2, -0.15) is 0 Å². The fourth-order valence-corrected chi connectivity index (χ4v) is 2.38. The van der Waals surface area contributed by atoms with Crippen molar-refractivity contribution >= 4 is 5.97 Å². The molecule has 2 unspecified atom stereocenters. The lowest BCUT2D eigenvalue weighted by Gasteiger charge is -2.20. The van der Waals surface area contributed by atoms with Crippen LogP contribution in [-0.4, -0.2) is 24.3 Å². The van der Waals surface area contributed by atoms with Crippen LogP contribution in [0.4, 0.5) is 0 Å². The molecule has 3 nitrogen and oxygen atoms in total. The molecule has 2 aliphatic rings. The third-order valence-electron chi connectivity index (χ3n) is 3.22. The van der Waals surface area contributed by atoms with Crippen LogP contribution < -0.4 is 0 Å².